The van der Waals surface area contributed by atoms with Crippen LogP contribution in [-0.2, 0) is 10.0 Å². The summed E-state index contributed by atoms with van der Waals surface area (Å²) in [6, 6.07) is 0. The summed E-state index contributed by atoms with van der Waals surface area (Å²) in [6.45, 7) is 1.28. The van der Waals surface area contributed by atoms with Crippen LogP contribution in [0.4, 0.5) is 0 Å². The molecule has 0 radical (unpaired) electrons. The highest BCUT2D eigenvalue weighted by molar-refractivity contribution is 7.88. The second kappa shape index (κ2) is 6.19. The summed E-state index contributed by atoms with van der Waals surface area (Å²) in [7, 11) is -3.07. The van der Waals surface area contributed by atoms with E-state index in [4.69, 9.17) is 11.8 Å². The molecule has 0 aromatic rings. The van der Waals surface area contributed by atoms with Gasteiger partial charge in [0.25, 0.3) is 0 Å². The summed E-state index contributed by atoms with van der Waals surface area (Å²) in [5.41, 5.74) is 0.178. The van der Waals surface area contributed by atoms with E-state index in [-0.39, 0.29) is 5.41 Å². The minimum atomic E-state index is -3.07. The summed E-state index contributed by atoms with van der Waals surface area (Å²) in [5, 5.41) is 0. The van der Waals surface area contributed by atoms with Crippen molar-refractivity contribution in [1.29, 1.82) is 0 Å². The van der Waals surface area contributed by atoms with Crippen molar-refractivity contribution in [2.24, 2.45) is 5.41 Å². The van der Waals surface area contributed by atoms with Gasteiger partial charge in [-0.25, -0.2) is 18.0 Å². The second-order valence-corrected chi connectivity index (χ2v) is 6.89. The van der Waals surface area contributed by atoms with Gasteiger partial charge in [-0.3, -0.25) is 0 Å². The van der Waals surface area contributed by atoms with E-state index in [1.165, 1.54) is 25.5 Å². The Bertz CT molecular complexity index is 294. The quantitative estimate of drug-likeness (QED) is 0.720. The van der Waals surface area contributed by atoms with Crippen LogP contribution in [0, 0.1) is 5.41 Å². The number of halogens is 1. The first-order valence-electron chi connectivity index (χ1n) is 5.76. The molecule has 0 spiro atoms. The van der Waals surface area contributed by atoms with Gasteiger partial charge in [0.15, 0.2) is 0 Å². The fourth-order valence-electron chi connectivity index (χ4n) is 2.46. The van der Waals surface area contributed by atoms with Crippen molar-refractivity contribution in [2.75, 3.05) is 19.3 Å². The smallest absolute Gasteiger partial charge is 0.208 e. The highest BCUT2D eigenvalue weighted by Gasteiger charge is 2.31. The van der Waals surface area contributed by atoms with Gasteiger partial charge in [0.2, 0.25) is 10.0 Å². The Labute approximate surface area is 103 Å². The number of sulfonamides is 1. The predicted molar refractivity (Wildman–Crippen MR) is 66.8 cm³/mol. The van der Waals surface area contributed by atoms with Crippen molar-refractivity contribution in [3.63, 3.8) is 0 Å². The average Bonchev–Trinajstić information content (AvgIpc) is 2.17. The molecule has 1 aliphatic carbocycles. The van der Waals surface area contributed by atoms with Crippen LogP contribution in [-0.4, -0.2) is 27.8 Å². The molecule has 1 fully saturated rings. The molecule has 0 aliphatic heterocycles. The summed E-state index contributed by atoms with van der Waals surface area (Å²) in [5.74, 6) is 0. The molecule has 0 saturated heterocycles. The first-order chi connectivity index (χ1) is 7.47. The Morgan fingerprint density at radius 3 is 2.38 bits per heavy atom. The first-order valence-corrected chi connectivity index (χ1v) is 8.03. The van der Waals surface area contributed by atoms with Crippen molar-refractivity contribution in [1.82, 2.24) is 9.56 Å². The zero-order valence-corrected chi connectivity index (χ0v) is 11.3. The number of hydrogen-bond donors (Lipinski definition) is 2. The molecule has 0 atom stereocenters. The molecule has 1 saturated carbocycles. The van der Waals surface area contributed by atoms with Gasteiger partial charge < -0.3 is 0 Å². The van der Waals surface area contributed by atoms with Gasteiger partial charge in [-0.15, -0.1) is 0 Å². The van der Waals surface area contributed by atoms with Gasteiger partial charge in [-0.1, -0.05) is 19.3 Å². The molecule has 0 heterocycles. The molecule has 4 nitrogen and oxygen atoms in total. The van der Waals surface area contributed by atoms with Gasteiger partial charge in [0, 0.05) is 13.1 Å². The maximum absolute atomic E-state index is 11.0. The number of nitrogens with one attached hydrogen (secondary N) is 2. The molecule has 0 aromatic heterocycles. The van der Waals surface area contributed by atoms with Crippen LogP contribution in [0.2, 0.25) is 0 Å². The van der Waals surface area contributed by atoms with Crippen LogP contribution < -0.4 is 9.56 Å². The maximum Gasteiger partial charge on any atom is 0.208 e. The third-order valence-corrected chi connectivity index (χ3v) is 4.24. The van der Waals surface area contributed by atoms with Crippen molar-refractivity contribution >= 4 is 21.8 Å². The van der Waals surface area contributed by atoms with Crippen LogP contribution in [0.15, 0.2) is 0 Å². The van der Waals surface area contributed by atoms with E-state index >= 15 is 0 Å². The van der Waals surface area contributed by atoms with E-state index in [1.54, 1.807) is 0 Å². The second-order valence-electron chi connectivity index (χ2n) is 4.79. The maximum atomic E-state index is 11.0. The summed E-state index contributed by atoms with van der Waals surface area (Å²) < 4.78 is 24.5. The van der Waals surface area contributed by atoms with Gasteiger partial charge in [-0.2, -0.15) is 0 Å². The molecule has 0 amide bonds. The fraction of sp³-hybridized carbons (Fsp3) is 1.00. The minimum absolute atomic E-state index is 0.178. The number of rotatable bonds is 6. The van der Waals surface area contributed by atoms with Gasteiger partial charge in [0.05, 0.1) is 6.26 Å². The zero-order chi connectivity index (χ0) is 12.1. The van der Waals surface area contributed by atoms with E-state index in [9.17, 15) is 8.42 Å². The van der Waals surface area contributed by atoms with Crippen LogP contribution in [0.25, 0.3) is 0 Å². The highest BCUT2D eigenvalue weighted by Crippen LogP contribution is 2.38. The van der Waals surface area contributed by atoms with Crippen molar-refractivity contribution < 1.29 is 8.42 Å². The third kappa shape index (κ3) is 4.99. The molecule has 0 bridgehead atoms. The first kappa shape index (κ1) is 14.2. The molecule has 1 rings (SSSR count). The monoisotopic (exact) mass is 268 g/mol. The SMILES string of the molecule is CS(=O)(=O)NCCC1(CNCl)CCCCC1. The molecule has 1 aliphatic rings. The highest BCUT2D eigenvalue weighted by atomic mass is 35.5. The Morgan fingerprint density at radius 2 is 1.88 bits per heavy atom. The van der Waals surface area contributed by atoms with Crippen LogP contribution in [0.5, 0.6) is 0 Å². The lowest BCUT2D eigenvalue weighted by molar-refractivity contribution is 0.178. The standard InChI is InChI=1S/C10H21ClN2O2S/c1-16(14,15)13-8-7-10(9-12-11)5-3-2-4-6-10/h12-13H,2-9H2,1H3. The molecular weight excluding hydrogens is 248 g/mol. The largest absolute Gasteiger partial charge is 0.233 e. The topological polar surface area (TPSA) is 58.2 Å². The normalized spacial score (nSPS) is 20.9. The summed E-state index contributed by atoms with van der Waals surface area (Å²) >= 11 is 5.60. The lowest BCUT2D eigenvalue weighted by Gasteiger charge is -2.37. The Balaban J connectivity index is 2.44. The molecular formula is C10H21ClN2O2S. The van der Waals surface area contributed by atoms with E-state index in [1.807, 2.05) is 0 Å². The lowest BCUT2D eigenvalue weighted by Crippen LogP contribution is -2.37. The molecule has 16 heavy (non-hydrogen) atoms. The van der Waals surface area contributed by atoms with Crippen molar-refractivity contribution in [3.8, 4) is 0 Å². The summed E-state index contributed by atoms with van der Waals surface area (Å²) in [6.07, 6.45) is 8.05. The Morgan fingerprint density at radius 1 is 1.25 bits per heavy atom. The van der Waals surface area contributed by atoms with Crippen LogP contribution >= 0.6 is 11.8 Å². The average molecular weight is 269 g/mol. The van der Waals surface area contributed by atoms with Crippen molar-refractivity contribution in [2.45, 2.75) is 38.5 Å². The van der Waals surface area contributed by atoms with E-state index in [2.05, 4.69) is 9.56 Å². The fourth-order valence-corrected chi connectivity index (χ4v) is 3.22. The predicted octanol–water partition coefficient (Wildman–Crippen LogP) is 1.62. The lowest BCUT2D eigenvalue weighted by atomic mass is 9.72. The third-order valence-electron chi connectivity index (χ3n) is 3.38. The molecule has 0 aromatic carbocycles. The molecule has 2 N–H and O–H groups in total. The van der Waals surface area contributed by atoms with Crippen molar-refractivity contribution in [3.05, 3.63) is 0 Å². The molecule has 0 unspecified atom stereocenters. The molecule has 6 heteroatoms. The van der Waals surface area contributed by atoms with Crippen LogP contribution in [0.3, 0.4) is 0 Å². The minimum Gasteiger partial charge on any atom is -0.233 e. The summed E-state index contributed by atoms with van der Waals surface area (Å²) in [4.78, 5) is 2.72. The van der Waals surface area contributed by atoms with E-state index in [0.29, 0.717) is 6.54 Å². The van der Waals surface area contributed by atoms with Gasteiger partial charge in [-0.05, 0) is 36.5 Å². The Hall–Kier alpha value is 0.160. The molecule has 96 valence electrons. The van der Waals surface area contributed by atoms with E-state index in [0.717, 1.165) is 25.8 Å². The van der Waals surface area contributed by atoms with Crippen LogP contribution in [0.1, 0.15) is 38.5 Å². The van der Waals surface area contributed by atoms with Gasteiger partial charge >= 0.3 is 0 Å². The number of hydrogen-bond acceptors (Lipinski definition) is 3. The van der Waals surface area contributed by atoms with E-state index < -0.39 is 10.0 Å². The zero-order valence-electron chi connectivity index (χ0n) is 9.76. The van der Waals surface area contributed by atoms with Gasteiger partial charge in [0.1, 0.15) is 0 Å². The Kier molecular flexibility index (Phi) is 5.50.